The van der Waals surface area contributed by atoms with E-state index < -0.39 is 5.97 Å². The Bertz CT molecular complexity index is 670. The molecule has 0 aliphatic carbocycles. The molecule has 0 aromatic heterocycles. The van der Waals surface area contributed by atoms with Crippen molar-refractivity contribution in [2.45, 2.75) is 77.6 Å². The van der Waals surface area contributed by atoms with Gasteiger partial charge in [-0.05, 0) is 6.42 Å². The van der Waals surface area contributed by atoms with Gasteiger partial charge in [-0.3, -0.25) is 9.59 Å². The van der Waals surface area contributed by atoms with Crippen molar-refractivity contribution in [1.82, 2.24) is 0 Å². The molecular weight excluding hydrogens is 644 g/mol. The fraction of sp³-hybridized carbons (Fsp3) is 0.943. The van der Waals surface area contributed by atoms with Crippen molar-refractivity contribution in [3.63, 3.8) is 0 Å². The molecule has 292 valence electrons. The van der Waals surface area contributed by atoms with E-state index in [1.165, 1.54) is 44.9 Å². The summed E-state index contributed by atoms with van der Waals surface area (Å²) in [5, 5.41) is 8.49. The summed E-state index contributed by atoms with van der Waals surface area (Å²) in [5.41, 5.74) is 0. The first-order valence-electron chi connectivity index (χ1n) is 18.3. The van der Waals surface area contributed by atoms with Crippen molar-refractivity contribution in [1.29, 1.82) is 0 Å². The molecule has 14 heteroatoms. The zero-order valence-electron chi connectivity index (χ0n) is 30.4. The average molecular weight is 713 g/mol. The van der Waals surface area contributed by atoms with Gasteiger partial charge in [0.15, 0.2) is 0 Å². The van der Waals surface area contributed by atoms with Crippen LogP contribution in [0.3, 0.4) is 0 Å². The molecule has 0 aliphatic rings. The Morgan fingerprint density at radius 2 is 0.612 bits per heavy atom. The highest BCUT2D eigenvalue weighted by molar-refractivity contribution is 5.69. The zero-order chi connectivity index (χ0) is 35.6. The predicted molar refractivity (Wildman–Crippen MR) is 183 cm³/mol. The van der Waals surface area contributed by atoms with E-state index in [0.717, 1.165) is 12.8 Å². The number of carboxylic acids is 1. The van der Waals surface area contributed by atoms with Crippen LogP contribution in [0.4, 0.5) is 0 Å². The molecule has 0 unspecified atom stereocenters. The molecule has 0 spiro atoms. The fourth-order valence-electron chi connectivity index (χ4n) is 4.11. The first-order chi connectivity index (χ1) is 24.2. The van der Waals surface area contributed by atoms with Crippen LogP contribution in [0, 0.1) is 0 Å². The van der Waals surface area contributed by atoms with Crippen LogP contribution in [0.15, 0.2) is 0 Å². The summed E-state index contributed by atoms with van der Waals surface area (Å²) >= 11 is 0. The Labute approximate surface area is 295 Å². The summed E-state index contributed by atoms with van der Waals surface area (Å²) < 4.78 is 59.3. The van der Waals surface area contributed by atoms with Gasteiger partial charge in [0.25, 0.3) is 0 Å². The Balaban J connectivity index is 3.11. The van der Waals surface area contributed by atoms with Gasteiger partial charge >= 0.3 is 11.9 Å². The molecule has 0 aromatic carbocycles. The van der Waals surface area contributed by atoms with Crippen LogP contribution in [0.5, 0.6) is 0 Å². The van der Waals surface area contributed by atoms with E-state index in [1.807, 2.05) is 0 Å². The summed E-state index contributed by atoms with van der Waals surface area (Å²) in [7, 11) is 0. The Hall–Kier alpha value is -1.46. The van der Waals surface area contributed by atoms with Crippen LogP contribution in [-0.2, 0) is 61.7 Å². The highest BCUT2D eigenvalue weighted by Crippen LogP contribution is 2.10. The van der Waals surface area contributed by atoms with Crippen molar-refractivity contribution >= 4 is 11.9 Å². The van der Waals surface area contributed by atoms with E-state index in [-0.39, 0.29) is 25.6 Å². The smallest absolute Gasteiger partial charge is 0.305 e. The number of aliphatic carboxylic acids is 1. The van der Waals surface area contributed by atoms with Crippen molar-refractivity contribution in [2.24, 2.45) is 0 Å². The monoisotopic (exact) mass is 712 g/mol. The molecular formula is C35H68O14. The molecule has 0 fully saturated rings. The molecule has 14 nitrogen and oxygen atoms in total. The van der Waals surface area contributed by atoms with Crippen molar-refractivity contribution in [2.75, 3.05) is 139 Å². The first-order valence-corrected chi connectivity index (χ1v) is 18.3. The van der Waals surface area contributed by atoms with Gasteiger partial charge < -0.3 is 57.2 Å². The van der Waals surface area contributed by atoms with Gasteiger partial charge in [0.2, 0.25) is 0 Å². The van der Waals surface area contributed by atoms with Crippen molar-refractivity contribution < 1.29 is 66.8 Å². The maximum Gasteiger partial charge on any atom is 0.305 e. The molecule has 49 heavy (non-hydrogen) atoms. The third kappa shape index (κ3) is 44.5. The van der Waals surface area contributed by atoms with Crippen LogP contribution < -0.4 is 0 Å². The van der Waals surface area contributed by atoms with Crippen LogP contribution in [0.25, 0.3) is 0 Å². The topological polar surface area (TPSA) is 156 Å². The van der Waals surface area contributed by atoms with E-state index in [2.05, 4.69) is 6.92 Å². The summed E-state index contributed by atoms with van der Waals surface area (Å²) in [6.07, 6.45) is 11.6. The third-order valence-electron chi connectivity index (χ3n) is 6.78. The van der Waals surface area contributed by atoms with E-state index >= 15 is 0 Å². The molecule has 0 aromatic rings. The zero-order valence-corrected chi connectivity index (χ0v) is 30.4. The lowest BCUT2D eigenvalue weighted by molar-refractivity contribution is -0.145. The second-order valence-corrected chi connectivity index (χ2v) is 11.1. The van der Waals surface area contributed by atoms with Gasteiger partial charge in [-0.2, -0.15) is 0 Å². The molecule has 0 radical (unpaired) electrons. The maximum absolute atomic E-state index is 11.8. The van der Waals surface area contributed by atoms with E-state index in [0.29, 0.717) is 132 Å². The lowest BCUT2D eigenvalue weighted by Gasteiger charge is -2.09. The Morgan fingerprint density at radius 3 is 0.918 bits per heavy atom. The average Bonchev–Trinajstić information content (AvgIpc) is 3.09. The van der Waals surface area contributed by atoms with Gasteiger partial charge in [-0.15, -0.1) is 0 Å². The maximum atomic E-state index is 11.8. The first kappa shape index (κ1) is 47.5. The van der Waals surface area contributed by atoms with Gasteiger partial charge in [-0.1, -0.05) is 58.3 Å². The van der Waals surface area contributed by atoms with Gasteiger partial charge in [0.05, 0.1) is 139 Å². The van der Waals surface area contributed by atoms with E-state index in [1.54, 1.807) is 0 Å². The lowest BCUT2D eigenvalue weighted by atomic mass is 10.1. The highest BCUT2D eigenvalue weighted by atomic mass is 16.6. The summed E-state index contributed by atoms with van der Waals surface area (Å²) in [5.74, 6) is -1.02. The SMILES string of the molecule is CCCCCCCCCCCC(=O)OCCOCCOCCOCCOCCOCCOCCOCCOCCOCCOCCC(=O)O. The second-order valence-electron chi connectivity index (χ2n) is 11.1. The van der Waals surface area contributed by atoms with Crippen molar-refractivity contribution in [3.8, 4) is 0 Å². The fourth-order valence-corrected chi connectivity index (χ4v) is 4.11. The molecule has 0 amide bonds. The minimum Gasteiger partial charge on any atom is -0.481 e. The largest absolute Gasteiger partial charge is 0.481 e. The number of unbranched alkanes of at least 4 members (excludes halogenated alkanes) is 8. The number of hydrogen-bond donors (Lipinski definition) is 1. The molecule has 1 N–H and O–H groups in total. The summed E-state index contributed by atoms with van der Waals surface area (Å²) in [6.45, 7) is 11.4. The lowest BCUT2D eigenvalue weighted by Crippen LogP contribution is -2.15. The standard InChI is InChI=1S/C35H68O14/c1-2-3-4-5-6-7-8-9-10-11-35(38)49-33-32-48-31-30-47-29-28-46-27-26-45-25-24-44-23-22-43-21-20-42-19-18-41-17-16-40-15-14-39-13-12-34(36)37/h2-33H2,1H3,(H,36,37). The number of carbonyl (C=O) groups is 2. The number of ether oxygens (including phenoxy) is 11. The van der Waals surface area contributed by atoms with Crippen LogP contribution in [0.1, 0.15) is 77.6 Å². The van der Waals surface area contributed by atoms with Crippen LogP contribution in [0.2, 0.25) is 0 Å². The van der Waals surface area contributed by atoms with Gasteiger partial charge in [-0.25, -0.2) is 0 Å². The molecule has 0 saturated heterocycles. The van der Waals surface area contributed by atoms with Gasteiger partial charge in [0, 0.05) is 6.42 Å². The van der Waals surface area contributed by atoms with Crippen LogP contribution >= 0.6 is 0 Å². The Morgan fingerprint density at radius 1 is 0.347 bits per heavy atom. The number of carbonyl (C=O) groups excluding carboxylic acids is 1. The normalized spacial score (nSPS) is 11.4. The van der Waals surface area contributed by atoms with E-state index in [9.17, 15) is 9.59 Å². The molecule has 0 heterocycles. The van der Waals surface area contributed by atoms with E-state index in [4.69, 9.17) is 57.2 Å². The number of rotatable bonds is 43. The second kappa shape index (κ2) is 42.7. The molecule has 0 rings (SSSR count). The third-order valence-corrected chi connectivity index (χ3v) is 6.78. The molecule has 0 aliphatic heterocycles. The minimum absolute atomic E-state index is 0.00389. The summed E-state index contributed by atoms with van der Waals surface area (Å²) in [4.78, 5) is 22.1. The molecule has 0 bridgehead atoms. The van der Waals surface area contributed by atoms with Crippen LogP contribution in [-0.4, -0.2) is 156 Å². The molecule has 0 atom stereocenters. The molecule has 0 saturated carbocycles. The highest BCUT2D eigenvalue weighted by Gasteiger charge is 2.03. The minimum atomic E-state index is -0.875. The number of hydrogen-bond acceptors (Lipinski definition) is 13. The summed E-state index contributed by atoms with van der Waals surface area (Å²) in [6, 6.07) is 0. The van der Waals surface area contributed by atoms with Gasteiger partial charge in [0.1, 0.15) is 6.61 Å². The predicted octanol–water partition coefficient (Wildman–Crippen LogP) is 4.09. The quantitative estimate of drug-likeness (QED) is 0.0713. The number of esters is 1. The Kier molecular flexibility index (Phi) is 41.4. The van der Waals surface area contributed by atoms with Crippen molar-refractivity contribution in [3.05, 3.63) is 0 Å². The number of carboxylic acid groups (broad SMARTS) is 1.